The van der Waals surface area contributed by atoms with Crippen molar-refractivity contribution >= 4 is 39.9 Å². The normalized spacial score (nSPS) is 15.4. The molecule has 0 spiro atoms. The van der Waals surface area contributed by atoms with Gasteiger partial charge in [0.1, 0.15) is 0 Å². The third-order valence-electron chi connectivity index (χ3n) is 4.39. The monoisotopic (exact) mass is 387 g/mol. The second-order valence-corrected chi connectivity index (χ2v) is 7.59. The van der Waals surface area contributed by atoms with Gasteiger partial charge in [0.05, 0.1) is 12.3 Å². The minimum absolute atomic E-state index is 0.0304. The predicted octanol–water partition coefficient (Wildman–Crippen LogP) is 2.92. The average molecular weight is 387 g/mol. The number of benzene rings is 1. The Labute approximate surface area is 161 Å². The molecule has 0 saturated heterocycles. The topological polar surface area (TPSA) is 88.6 Å². The molecule has 7 nitrogen and oxygen atoms in total. The van der Waals surface area contributed by atoms with Crippen LogP contribution in [0.4, 0.5) is 10.8 Å². The van der Waals surface area contributed by atoms with Crippen LogP contribution in [0.1, 0.15) is 31.2 Å². The molecule has 1 aromatic heterocycles. The Bertz CT molecular complexity index is 922. The van der Waals surface area contributed by atoms with E-state index < -0.39 is 11.9 Å². The minimum atomic E-state index is -0.928. The first-order chi connectivity index (χ1) is 12.8. The number of rotatable bonds is 3. The van der Waals surface area contributed by atoms with E-state index in [1.807, 2.05) is 32.0 Å². The van der Waals surface area contributed by atoms with Crippen molar-refractivity contribution in [1.82, 2.24) is 4.98 Å². The van der Waals surface area contributed by atoms with Crippen LogP contribution >= 0.6 is 11.3 Å². The van der Waals surface area contributed by atoms with Gasteiger partial charge in [0.25, 0.3) is 0 Å². The van der Waals surface area contributed by atoms with E-state index in [0.29, 0.717) is 5.13 Å². The van der Waals surface area contributed by atoms with Crippen molar-refractivity contribution in [3.8, 4) is 11.3 Å². The number of esters is 1. The van der Waals surface area contributed by atoms with E-state index >= 15 is 0 Å². The van der Waals surface area contributed by atoms with Crippen LogP contribution in [0.2, 0.25) is 0 Å². The molecule has 1 aromatic carbocycles. The molecule has 0 fully saturated rings. The van der Waals surface area contributed by atoms with Crippen LogP contribution < -0.4 is 10.2 Å². The number of nitrogens with one attached hydrogen (secondary N) is 1. The number of anilines is 2. The molecule has 27 heavy (non-hydrogen) atoms. The third-order valence-corrected chi connectivity index (χ3v) is 5.27. The molecule has 1 N–H and O–H groups in total. The zero-order valence-corrected chi connectivity index (χ0v) is 16.5. The highest BCUT2D eigenvalue weighted by atomic mass is 32.1. The van der Waals surface area contributed by atoms with Gasteiger partial charge < -0.3 is 9.64 Å². The Morgan fingerprint density at radius 1 is 1.37 bits per heavy atom. The number of carbonyl (C=O) groups is 3. The van der Waals surface area contributed by atoms with Crippen LogP contribution in [0.3, 0.4) is 0 Å². The Hall–Kier alpha value is -2.74. The molecule has 0 saturated carbocycles. The number of nitrogens with zero attached hydrogens (tertiary/aromatic N) is 2. The number of thiazole rings is 1. The summed E-state index contributed by atoms with van der Waals surface area (Å²) in [7, 11) is 0. The van der Waals surface area contributed by atoms with Crippen molar-refractivity contribution in [1.29, 1.82) is 0 Å². The van der Waals surface area contributed by atoms with E-state index in [-0.39, 0.29) is 18.6 Å². The molecule has 1 atom stereocenters. The molecular weight excluding hydrogens is 366 g/mol. The molecule has 142 valence electrons. The summed E-state index contributed by atoms with van der Waals surface area (Å²) in [5, 5.41) is 2.83. The summed E-state index contributed by atoms with van der Waals surface area (Å²) in [6.07, 6.45) is 0.790. The molecule has 2 amide bonds. The van der Waals surface area contributed by atoms with Gasteiger partial charge in [-0.05, 0) is 44.9 Å². The first-order valence-electron chi connectivity index (χ1n) is 8.70. The number of aryl methyl sites for hydroxylation is 1. The maximum absolute atomic E-state index is 11.9. The van der Waals surface area contributed by atoms with Crippen molar-refractivity contribution < 1.29 is 19.1 Å². The van der Waals surface area contributed by atoms with Crippen molar-refractivity contribution in [3.05, 3.63) is 28.6 Å². The summed E-state index contributed by atoms with van der Waals surface area (Å²) in [6.45, 7) is 7.28. The zero-order valence-electron chi connectivity index (χ0n) is 15.7. The highest BCUT2D eigenvalue weighted by Crippen LogP contribution is 2.37. The number of amides is 2. The number of aromatic nitrogens is 1. The lowest BCUT2D eigenvalue weighted by atomic mass is 10.0. The van der Waals surface area contributed by atoms with Crippen molar-refractivity contribution in [3.63, 3.8) is 0 Å². The first kappa shape index (κ1) is 19.0. The van der Waals surface area contributed by atoms with Gasteiger partial charge in [-0.25, -0.2) is 9.78 Å². The summed E-state index contributed by atoms with van der Waals surface area (Å²) < 4.78 is 4.68. The minimum Gasteiger partial charge on any atom is -0.459 e. The van der Waals surface area contributed by atoms with Crippen LogP contribution in [0.15, 0.2) is 18.2 Å². The van der Waals surface area contributed by atoms with E-state index in [1.165, 1.54) is 11.3 Å². The highest BCUT2D eigenvalue weighted by molar-refractivity contribution is 7.16. The fourth-order valence-corrected chi connectivity index (χ4v) is 4.15. The van der Waals surface area contributed by atoms with Gasteiger partial charge in [-0.3, -0.25) is 14.9 Å². The fraction of sp³-hybridized carbons (Fsp3) is 0.368. The van der Waals surface area contributed by atoms with Gasteiger partial charge in [0.15, 0.2) is 5.13 Å². The van der Waals surface area contributed by atoms with E-state index in [0.717, 1.165) is 33.8 Å². The number of fused-ring (bicyclic) bond motifs is 1. The van der Waals surface area contributed by atoms with Crippen LogP contribution in [-0.2, 0) is 25.5 Å². The first-order valence-corrected chi connectivity index (χ1v) is 9.52. The summed E-state index contributed by atoms with van der Waals surface area (Å²) in [5.74, 6) is -1.73. The van der Waals surface area contributed by atoms with E-state index in [1.54, 1.807) is 18.7 Å². The lowest BCUT2D eigenvalue weighted by Crippen LogP contribution is -2.33. The second kappa shape index (κ2) is 7.48. The largest absolute Gasteiger partial charge is 0.459 e. The van der Waals surface area contributed by atoms with Crippen molar-refractivity contribution in [2.75, 3.05) is 16.8 Å². The Balaban J connectivity index is 1.85. The lowest BCUT2D eigenvalue weighted by molar-refractivity contribution is -0.152. The Morgan fingerprint density at radius 3 is 2.78 bits per heavy atom. The van der Waals surface area contributed by atoms with E-state index in [9.17, 15) is 14.4 Å². The molecule has 2 aromatic rings. The molecule has 1 aliphatic rings. The molecule has 8 heteroatoms. The van der Waals surface area contributed by atoms with Crippen molar-refractivity contribution in [2.24, 2.45) is 0 Å². The number of hydrogen-bond acceptors (Lipinski definition) is 6. The number of ether oxygens (including phenoxy) is 1. The van der Waals surface area contributed by atoms with Gasteiger partial charge in [-0.15, -0.1) is 11.3 Å². The Kier molecular flexibility index (Phi) is 5.27. The van der Waals surface area contributed by atoms with Crippen LogP contribution in [-0.4, -0.2) is 35.4 Å². The van der Waals surface area contributed by atoms with Gasteiger partial charge >= 0.3 is 11.9 Å². The van der Waals surface area contributed by atoms with Gasteiger partial charge in [0.2, 0.25) is 5.91 Å². The van der Waals surface area contributed by atoms with Gasteiger partial charge in [0, 0.05) is 29.1 Å². The van der Waals surface area contributed by atoms with Crippen LogP contribution in [0, 0.1) is 6.92 Å². The van der Waals surface area contributed by atoms with Crippen LogP contribution in [0.5, 0.6) is 0 Å². The summed E-state index contributed by atoms with van der Waals surface area (Å²) in [4.78, 5) is 42.3. The van der Waals surface area contributed by atoms with Gasteiger partial charge in [-0.1, -0.05) is 6.07 Å². The molecule has 2 heterocycles. The summed E-state index contributed by atoms with van der Waals surface area (Å²) >= 11 is 1.30. The Morgan fingerprint density at radius 2 is 2.11 bits per heavy atom. The van der Waals surface area contributed by atoms with Gasteiger partial charge in [-0.2, -0.15) is 0 Å². The molecule has 0 unspecified atom stereocenters. The quantitative estimate of drug-likeness (QED) is 0.646. The van der Waals surface area contributed by atoms with Crippen LogP contribution in [0.25, 0.3) is 11.3 Å². The van der Waals surface area contributed by atoms with E-state index in [4.69, 9.17) is 0 Å². The van der Waals surface area contributed by atoms with E-state index in [2.05, 4.69) is 15.0 Å². The highest BCUT2D eigenvalue weighted by Gasteiger charge is 2.29. The predicted molar refractivity (Wildman–Crippen MR) is 104 cm³/mol. The molecule has 0 radical (unpaired) electrons. The summed E-state index contributed by atoms with van der Waals surface area (Å²) in [5.41, 5.74) is 3.69. The molecule has 3 rings (SSSR count). The zero-order chi connectivity index (χ0) is 19.7. The average Bonchev–Trinajstić information content (AvgIpc) is 3.12. The maximum atomic E-state index is 11.9. The standard InChI is InChI=1S/C19H21N3O4S/c1-5-26-18(25)17(24)21-19-20-16(11(3)27-19)13-6-7-15-14(9-13)8-10(2)22(15)12(4)23/h6-7,9-10H,5,8H2,1-4H3,(H,20,21,24)/t10-/m1/s1. The number of carbonyl (C=O) groups excluding carboxylic acids is 3. The molecular formula is C19H21N3O4S. The third kappa shape index (κ3) is 3.71. The molecule has 1 aliphatic heterocycles. The molecule has 0 aliphatic carbocycles. The second-order valence-electron chi connectivity index (χ2n) is 6.38. The lowest BCUT2D eigenvalue weighted by Gasteiger charge is -2.20. The summed E-state index contributed by atoms with van der Waals surface area (Å²) in [6, 6.07) is 6.02. The maximum Gasteiger partial charge on any atom is 0.397 e. The van der Waals surface area contributed by atoms with Crippen molar-refractivity contribution in [2.45, 2.75) is 40.2 Å². The molecule has 0 bridgehead atoms. The SMILES string of the molecule is CCOC(=O)C(=O)Nc1nc(-c2ccc3c(c2)C[C@@H](C)N3C(C)=O)c(C)s1. The fourth-order valence-electron chi connectivity index (χ4n) is 3.32. The number of hydrogen-bond donors (Lipinski definition) is 1. The smallest absolute Gasteiger partial charge is 0.397 e.